The topological polar surface area (TPSA) is 98.7 Å². The van der Waals surface area contributed by atoms with Crippen LogP contribution in [0.1, 0.15) is 38.4 Å². The molecule has 0 unspecified atom stereocenters. The van der Waals surface area contributed by atoms with Crippen LogP contribution in [-0.2, 0) is 4.79 Å². The smallest absolute Gasteiger partial charge is 0.241 e. The number of carbonyl (C=O) groups is 1. The number of aromatic nitrogens is 4. The molecule has 7 nitrogen and oxygen atoms in total. The highest BCUT2D eigenvalue weighted by Crippen LogP contribution is 2.39. The molecule has 1 saturated carbocycles. The highest BCUT2D eigenvalue weighted by atomic mass is 35.5. The Morgan fingerprint density at radius 3 is 2.83 bits per heavy atom. The molecule has 0 radical (unpaired) electrons. The van der Waals surface area contributed by atoms with Gasteiger partial charge in [-0.05, 0) is 47.4 Å². The van der Waals surface area contributed by atoms with Crippen LogP contribution in [0.3, 0.4) is 0 Å². The monoisotopic (exact) mass is 334 g/mol. The van der Waals surface area contributed by atoms with Crippen molar-refractivity contribution in [2.24, 2.45) is 11.7 Å². The number of hydrogen-bond acceptors (Lipinski definition) is 5. The first kappa shape index (κ1) is 15.9. The van der Waals surface area contributed by atoms with E-state index in [1.165, 1.54) is 0 Å². The van der Waals surface area contributed by atoms with Gasteiger partial charge in [-0.15, -0.1) is 5.10 Å². The lowest BCUT2D eigenvalue weighted by Crippen LogP contribution is -2.39. The number of carbonyl (C=O) groups excluding carboxylic acids is 1. The van der Waals surface area contributed by atoms with Crippen molar-refractivity contribution in [3.05, 3.63) is 29.0 Å². The standard InChI is InChI=1S/C15H19ClN6O/c1-8(2)13(17)15(23)18-10-5-6-11(16)12(7-10)22-14(9-3-4-9)19-20-21-22/h5-9,13H,3-4,17H2,1-2H3,(H,18,23)/t13-/m0/s1. The second-order valence-electron chi connectivity index (χ2n) is 6.15. The first-order valence-corrected chi connectivity index (χ1v) is 8.00. The number of nitrogens with two attached hydrogens (primary N) is 1. The third kappa shape index (κ3) is 3.35. The van der Waals surface area contributed by atoms with Crippen molar-refractivity contribution >= 4 is 23.2 Å². The molecule has 1 aromatic carbocycles. The third-order valence-electron chi connectivity index (χ3n) is 3.90. The van der Waals surface area contributed by atoms with Crippen LogP contribution in [0.5, 0.6) is 0 Å². The fraction of sp³-hybridized carbons (Fsp3) is 0.467. The molecule has 122 valence electrons. The van der Waals surface area contributed by atoms with Gasteiger partial charge in [0.15, 0.2) is 5.82 Å². The number of benzene rings is 1. The zero-order valence-electron chi connectivity index (χ0n) is 13.0. The van der Waals surface area contributed by atoms with E-state index in [1.807, 2.05) is 13.8 Å². The Hall–Kier alpha value is -1.99. The summed E-state index contributed by atoms with van der Waals surface area (Å²) in [6.07, 6.45) is 2.16. The van der Waals surface area contributed by atoms with Crippen molar-refractivity contribution in [2.45, 2.75) is 38.6 Å². The molecule has 8 heteroatoms. The molecule has 1 heterocycles. The first-order valence-electron chi connectivity index (χ1n) is 7.62. The number of amides is 1. The lowest BCUT2D eigenvalue weighted by Gasteiger charge is -2.16. The van der Waals surface area contributed by atoms with Gasteiger partial charge in [0.05, 0.1) is 16.8 Å². The van der Waals surface area contributed by atoms with Crippen LogP contribution in [0.4, 0.5) is 5.69 Å². The number of rotatable bonds is 5. The van der Waals surface area contributed by atoms with Gasteiger partial charge in [-0.25, -0.2) is 0 Å². The molecule has 0 saturated heterocycles. The van der Waals surface area contributed by atoms with E-state index in [0.717, 1.165) is 18.7 Å². The normalized spacial score (nSPS) is 15.7. The molecule has 1 aliphatic carbocycles. The van der Waals surface area contributed by atoms with E-state index in [9.17, 15) is 4.79 Å². The van der Waals surface area contributed by atoms with E-state index in [2.05, 4.69) is 20.8 Å². The molecule has 3 rings (SSSR count). The summed E-state index contributed by atoms with van der Waals surface area (Å²) in [5.41, 5.74) is 7.13. The second-order valence-corrected chi connectivity index (χ2v) is 6.56. The second kappa shape index (κ2) is 6.25. The Bertz CT molecular complexity index is 725. The van der Waals surface area contributed by atoms with Crippen molar-refractivity contribution in [1.82, 2.24) is 20.2 Å². The van der Waals surface area contributed by atoms with Crippen LogP contribution >= 0.6 is 11.6 Å². The summed E-state index contributed by atoms with van der Waals surface area (Å²) in [4.78, 5) is 12.1. The quantitative estimate of drug-likeness (QED) is 0.872. The number of hydrogen-bond donors (Lipinski definition) is 2. The number of anilines is 1. The fourth-order valence-corrected chi connectivity index (χ4v) is 2.44. The summed E-state index contributed by atoms with van der Waals surface area (Å²) in [6.45, 7) is 3.81. The average Bonchev–Trinajstić information content (AvgIpc) is 3.25. The van der Waals surface area contributed by atoms with E-state index >= 15 is 0 Å². The predicted octanol–water partition coefficient (Wildman–Crippen LogP) is 2.11. The van der Waals surface area contributed by atoms with E-state index in [-0.39, 0.29) is 11.8 Å². The SMILES string of the molecule is CC(C)[C@H](N)C(=O)Nc1ccc(Cl)c(-n2nnnc2C2CC2)c1. The predicted molar refractivity (Wildman–Crippen MR) is 87.6 cm³/mol. The highest BCUT2D eigenvalue weighted by molar-refractivity contribution is 6.32. The Morgan fingerprint density at radius 2 is 2.17 bits per heavy atom. The number of tetrazole rings is 1. The average molecular weight is 335 g/mol. The minimum atomic E-state index is -0.566. The Labute approximate surface area is 139 Å². The maximum atomic E-state index is 12.1. The molecular weight excluding hydrogens is 316 g/mol. The van der Waals surface area contributed by atoms with Crippen molar-refractivity contribution in [2.75, 3.05) is 5.32 Å². The third-order valence-corrected chi connectivity index (χ3v) is 4.22. The van der Waals surface area contributed by atoms with Crippen molar-refractivity contribution < 1.29 is 4.79 Å². The van der Waals surface area contributed by atoms with Crippen molar-refractivity contribution in [3.8, 4) is 5.69 Å². The van der Waals surface area contributed by atoms with Crippen molar-refractivity contribution in [3.63, 3.8) is 0 Å². The van der Waals surface area contributed by atoms with Gasteiger partial charge in [0.1, 0.15) is 0 Å². The summed E-state index contributed by atoms with van der Waals surface area (Å²) >= 11 is 6.28. The lowest BCUT2D eigenvalue weighted by atomic mass is 10.0. The molecule has 1 aliphatic rings. The van der Waals surface area contributed by atoms with E-state index < -0.39 is 6.04 Å². The van der Waals surface area contributed by atoms with Gasteiger partial charge in [0, 0.05) is 11.6 Å². The molecule has 0 bridgehead atoms. The zero-order valence-corrected chi connectivity index (χ0v) is 13.8. The molecule has 2 aromatic rings. The zero-order chi connectivity index (χ0) is 16.6. The van der Waals surface area contributed by atoms with Gasteiger partial charge in [-0.2, -0.15) is 4.68 Å². The van der Waals surface area contributed by atoms with E-state index in [4.69, 9.17) is 17.3 Å². The Kier molecular flexibility index (Phi) is 4.32. The summed E-state index contributed by atoms with van der Waals surface area (Å²) < 4.78 is 1.64. The molecular formula is C15H19ClN6O. The molecule has 3 N–H and O–H groups in total. The van der Waals surface area contributed by atoms with Crippen LogP contribution in [0, 0.1) is 5.92 Å². The molecule has 0 aliphatic heterocycles. The highest BCUT2D eigenvalue weighted by Gasteiger charge is 2.30. The van der Waals surface area contributed by atoms with Gasteiger partial charge in [-0.1, -0.05) is 25.4 Å². The van der Waals surface area contributed by atoms with Crippen LogP contribution in [0.25, 0.3) is 5.69 Å². The molecule has 1 aromatic heterocycles. The van der Waals surface area contributed by atoms with Crippen LogP contribution in [0.15, 0.2) is 18.2 Å². The van der Waals surface area contributed by atoms with Gasteiger partial charge in [0.25, 0.3) is 0 Å². The largest absolute Gasteiger partial charge is 0.325 e. The molecule has 1 atom stereocenters. The Morgan fingerprint density at radius 1 is 1.43 bits per heavy atom. The summed E-state index contributed by atoms with van der Waals surface area (Å²) in [5, 5.41) is 15.2. The molecule has 23 heavy (non-hydrogen) atoms. The molecule has 1 amide bonds. The van der Waals surface area contributed by atoms with Gasteiger partial charge >= 0.3 is 0 Å². The molecule has 1 fully saturated rings. The van der Waals surface area contributed by atoms with Gasteiger partial charge in [0.2, 0.25) is 5.91 Å². The van der Waals surface area contributed by atoms with E-state index in [1.54, 1.807) is 22.9 Å². The molecule has 0 spiro atoms. The lowest BCUT2D eigenvalue weighted by molar-refractivity contribution is -0.118. The maximum absolute atomic E-state index is 12.1. The van der Waals surface area contributed by atoms with E-state index in [0.29, 0.717) is 22.3 Å². The maximum Gasteiger partial charge on any atom is 0.241 e. The van der Waals surface area contributed by atoms with Crippen LogP contribution in [-0.4, -0.2) is 32.2 Å². The number of nitrogens with one attached hydrogen (secondary N) is 1. The fourth-order valence-electron chi connectivity index (χ4n) is 2.24. The minimum Gasteiger partial charge on any atom is -0.325 e. The Balaban J connectivity index is 1.87. The van der Waals surface area contributed by atoms with Gasteiger partial charge < -0.3 is 11.1 Å². The summed E-state index contributed by atoms with van der Waals surface area (Å²) in [5.74, 6) is 1.01. The minimum absolute atomic E-state index is 0.0581. The van der Waals surface area contributed by atoms with Crippen molar-refractivity contribution in [1.29, 1.82) is 0 Å². The number of nitrogens with zero attached hydrogens (tertiary/aromatic N) is 4. The summed E-state index contributed by atoms with van der Waals surface area (Å²) in [6, 6.07) is 4.64. The first-order chi connectivity index (χ1) is 11.0. The van der Waals surface area contributed by atoms with Crippen LogP contribution in [0.2, 0.25) is 5.02 Å². The summed E-state index contributed by atoms with van der Waals surface area (Å²) in [7, 11) is 0. The number of halogens is 1. The van der Waals surface area contributed by atoms with Gasteiger partial charge in [-0.3, -0.25) is 4.79 Å². The van der Waals surface area contributed by atoms with Crippen LogP contribution < -0.4 is 11.1 Å².